The van der Waals surface area contributed by atoms with Crippen LogP contribution < -0.4 is 0 Å². The van der Waals surface area contributed by atoms with Crippen molar-refractivity contribution in [2.75, 3.05) is 32.7 Å². The molecule has 1 amide bonds. The fraction of sp³-hybridized carbons (Fsp3) is 0.632. The SMILES string of the molecule is CC(=O)N1CCN(CC2CCC(c3ccccc3)CC2)CC1. The maximum absolute atomic E-state index is 11.4. The first-order valence-corrected chi connectivity index (χ1v) is 8.75. The van der Waals surface area contributed by atoms with E-state index in [9.17, 15) is 4.79 Å². The molecule has 3 nitrogen and oxygen atoms in total. The van der Waals surface area contributed by atoms with Crippen LogP contribution >= 0.6 is 0 Å². The van der Waals surface area contributed by atoms with E-state index in [0.29, 0.717) is 0 Å². The van der Waals surface area contributed by atoms with Gasteiger partial charge in [0.25, 0.3) is 0 Å². The molecule has 0 radical (unpaired) electrons. The Kier molecular flexibility index (Phi) is 5.14. The van der Waals surface area contributed by atoms with Gasteiger partial charge < -0.3 is 4.90 Å². The Morgan fingerprint density at radius 2 is 1.64 bits per heavy atom. The van der Waals surface area contributed by atoms with Gasteiger partial charge in [-0.3, -0.25) is 9.69 Å². The Labute approximate surface area is 134 Å². The van der Waals surface area contributed by atoms with Crippen LogP contribution in [-0.4, -0.2) is 48.4 Å². The molecule has 22 heavy (non-hydrogen) atoms. The van der Waals surface area contributed by atoms with Crippen LogP contribution in [-0.2, 0) is 4.79 Å². The monoisotopic (exact) mass is 300 g/mol. The third-order valence-electron chi connectivity index (χ3n) is 5.45. The number of amides is 1. The van der Waals surface area contributed by atoms with Gasteiger partial charge in [0.05, 0.1) is 0 Å². The van der Waals surface area contributed by atoms with Crippen molar-refractivity contribution in [3.63, 3.8) is 0 Å². The number of carbonyl (C=O) groups excluding carboxylic acids is 1. The minimum atomic E-state index is 0.225. The molecule has 1 saturated heterocycles. The van der Waals surface area contributed by atoms with E-state index in [1.165, 1.54) is 37.8 Å². The van der Waals surface area contributed by atoms with E-state index in [1.54, 1.807) is 6.92 Å². The molecule has 2 fully saturated rings. The predicted octanol–water partition coefficient (Wildman–Crippen LogP) is 3.12. The molecule has 0 N–H and O–H groups in total. The second-order valence-corrected chi connectivity index (χ2v) is 6.94. The van der Waals surface area contributed by atoms with E-state index in [0.717, 1.165) is 38.0 Å². The van der Waals surface area contributed by atoms with Crippen LogP contribution in [0.1, 0.15) is 44.1 Å². The van der Waals surface area contributed by atoms with E-state index in [2.05, 4.69) is 35.2 Å². The summed E-state index contributed by atoms with van der Waals surface area (Å²) in [5, 5.41) is 0. The van der Waals surface area contributed by atoms with Crippen molar-refractivity contribution in [1.29, 1.82) is 0 Å². The van der Waals surface area contributed by atoms with Crippen LogP contribution in [0.5, 0.6) is 0 Å². The summed E-state index contributed by atoms with van der Waals surface area (Å²) in [5.41, 5.74) is 1.52. The Morgan fingerprint density at radius 3 is 2.23 bits per heavy atom. The van der Waals surface area contributed by atoms with E-state index in [-0.39, 0.29) is 5.91 Å². The van der Waals surface area contributed by atoms with Crippen molar-refractivity contribution in [3.05, 3.63) is 35.9 Å². The first-order valence-electron chi connectivity index (χ1n) is 8.75. The van der Waals surface area contributed by atoms with Crippen molar-refractivity contribution in [2.45, 2.75) is 38.5 Å². The first kappa shape index (κ1) is 15.5. The number of piperazine rings is 1. The lowest BCUT2D eigenvalue weighted by Gasteiger charge is -2.38. The number of benzene rings is 1. The largest absolute Gasteiger partial charge is 0.340 e. The molecule has 120 valence electrons. The molecule has 0 spiro atoms. The van der Waals surface area contributed by atoms with Crippen LogP contribution in [0.2, 0.25) is 0 Å². The minimum absolute atomic E-state index is 0.225. The fourth-order valence-corrected chi connectivity index (χ4v) is 4.01. The molecule has 1 heterocycles. The van der Waals surface area contributed by atoms with E-state index in [4.69, 9.17) is 0 Å². The third kappa shape index (κ3) is 3.89. The molecular formula is C19H28N2O. The van der Waals surface area contributed by atoms with Crippen LogP contribution in [0.25, 0.3) is 0 Å². The number of rotatable bonds is 3. The lowest BCUT2D eigenvalue weighted by atomic mass is 9.78. The second-order valence-electron chi connectivity index (χ2n) is 6.94. The quantitative estimate of drug-likeness (QED) is 0.856. The number of hydrogen-bond donors (Lipinski definition) is 0. The van der Waals surface area contributed by atoms with Crippen LogP contribution in [0.4, 0.5) is 0 Å². The van der Waals surface area contributed by atoms with Crippen molar-refractivity contribution < 1.29 is 4.79 Å². The summed E-state index contributed by atoms with van der Waals surface area (Å²) in [6, 6.07) is 11.0. The summed E-state index contributed by atoms with van der Waals surface area (Å²) in [6.45, 7) is 6.84. The van der Waals surface area contributed by atoms with E-state index < -0.39 is 0 Å². The van der Waals surface area contributed by atoms with Crippen LogP contribution in [0.15, 0.2) is 30.3 Å². The molecule has 0 atom stereocenters. The molecule has 1 aromatic rings. The minimum Gasteiger partial charge on any atom is -0.340 e. The molecule has 1 aliphatic carbocycles. The third-order valence-corrected chi connectivity index (χ3v) is 5.45. The lowest BCUT2D eigenvalue weighted by molar-refractivity contribution is -0.130. The standard InChI is InChI=1S/C19H28N2O/c1-16(22)21-13-11-20(12-14-21)15-17-7-9-19(10-8-17)18-5-3-2-4-6-18/h2-6,17,19H,7-15H2,1H3. The van der Waals surface area contributed by atoms with E-state index >= 15 is 0 Å². The molecule has 3 heteroatoms. The first-order chi connectivity index (χ1) is 10.7. The second kappa shape index (κ2) is 7.28. The molecule has 0 bridgehead atoms. The molecule has 1 aromatic carbocycles. The highest BCUT2D eigenvalue weighted by Gasteiger charge is 2.25. The highest BCUT2D eigenvalue weighted by atomic mass is 16.2. The van der Waals surface area contributed by atoms with Crippen molar-refractivity contribution >= 4 is 5.91 Å². The van der Waals surface area contributed by atoms with Crippen LogP contribution in [0.3, 0.4) is 0 Å². The maximum atomic E-state index is 11.4. The summed E-state index contributed by atoms with van der Waals surface area (Å²) in [4.78, 5) is 15.9. The summed E-state index contributed by atoms with van der Waals surface area (Å²) >= 11 is 0. The molecular weight excluding hydrogens is 272 g/mol. The Hall–Kier alpha value is -1.35. The Balaban J connectivity index is 1.42. The zero-order chi connectivity index (χ0) is 15.4. The van der Waals surface area contributed by atoms with Gasteiger partial charge in [0.15, 0.2) is 0 Å². The highest BCUT2D eigenvalue weighted by Crippen LogP contribution is 2.36. The van der Waals surface area contributed by atoms with Gasteiger partial charge in [-0.2, -0.15) is 0 Å². The maximum Gasteiger partial charge on any atom is 0.219 e. The van der Waals surface area contributed by atoms with Gasteiger partial charge in [0, 0.05) is 39.6 Å². The lowest BCUT2D eigenvalue weighted by Crippen LogP contribution is -2.49. The number of nitrogens with zero attached hydrogens (tertiary/aromatic N) is 2. The Bertz CT molecular complexity index is 471. The van der Waals surface area contributed by atoms with Gasteiger partial charge in [0.1, 0.15) is 0 Å². The summed E-state index contributed by atoms with van der Waals surface area (Å²) in [6.07, 6.45) is 5.38. The summed E-state index contributed by atoms with van der Waals surface area (Å²) in [5.74, 6) is 1.85. The Morgan fingerprint density at radius 1 is 1.00 bits per heavy atom. The van der Waals surface area contributed by atoms with Gasteiger partial charge in [-0.25, -0.2) is 0 Å². The number of hydrogen-bond acceptors (Lipinski definition) is 2. The van der Waals surface area contributed by atoms with Gasteiger partial charge in [-0.15, -0.1) is 0 Å². The number of carbonyl (C=O) groups is 1. The summed E-state index contributed by atoms with van der Waals surface area (Å²) < 4.78 is 0. The van der Waals surface area contributed by atoms with Crippen molar-refractivity contribution in [2.24, 2.45) is 5.92 Å². The van der Waals surface area contributed by atoms with E-state index in [1.807, 2.05) is 4.90 Å². The van der Waals surface area contributed by atoms with Gasteiger partial charge in [-0.05, 0) is 43.1 Å². The predicted molar refractivity (Wildman–Crippen MR) is 89.8 cm³/mol. The zero-order valence-corrected chi connectivity index (χ0v) is 13.7. The molecule has 0 unspecified atom stereocenters. The molecule has 2 aliphatic rings. The molecule has 1 saturated carbocycles. The topological polar surface area (TPSA) is 23.6 Å². The average molecular weight is 300 g/mol. The normalized spacial score (nSPS) is 26.9. The zero-order valence-electron chi connectivity index (χ0n) is 13.7. The molecule has 1 aliphatic heterocycles. The highest BCUT2D eigenvalue weighted by molar-refractivity contribution is 5.73. The average Bonchev–Trinajstić information content (AvgIpc) is 2.57. The van der Waals surface area contributed by atoms with Crippen LogP contribution in [0, 0.1) is 5.92 Å². The molecule has 0 aromatic heterocycles. The fourth-order valence-electron chi connectivity index (χ4n) is 4.01. The van der Waals surface area contributed by atoms with Crippen molar-refractivity contribution in [1.82, 2.24) is 9.80 Å². The van der Waals surface area contributed by atoms with Gasteiger partial charge in [-0.1, -0.05) is 30.3 Å². The van der Waals surface area contributed by atoms with Crippen molar-refractivity contribution in [3.8, 4) is 0 Å². The van der Waals surface area contributed by atoms with Gasteiger partial charge >= 0.3 is 0 Å². The smallest absolute Gasteiger partial charge is 0.219 e. The summed E-state index contributed by atoms with van der Waals surface area (Å²) in [7, 11) is 0. The van der Waals surface area contributed by atoms with Gasteiger partial charge in [0.2, 0.25) is 5.91 Å². The molecule has 3 rings (SSSR count).